The predicted molar refractivity (Wildman–Crippen MR) is 44.1 cm³/mol. The van der Waals surface area contributed by atoms with Gasteiger partial charge in [0.25, 0.3) is 0 Å². The summed E-state index contributed by atoms with van der Waals surface area (Å²) in [6, 6.07) is 0. The number of carbonyl (C=O) groups excluding carboxylic acids is 2. The molecule has 0 radical (unpaired) electrons. The highest BCUT2D eigenvalue weighted by Crippen LogP contribution is 1.71. The molecule has 10 heavy (non-hydrogen) atoms. The van der Waals surface area contributed by atoms with Crippen LogP contribution in [0.1, 0.15) is 41.0 Å². The molecule has 0 aromatic rings. The molecule has 0 saturated carbocycles. The molecule has 0 spiro atoms. The van der Waals surface area contributed by atoms with Gasteiger partial charge in [0.2, 0.25) is 0 Å². The van der Waals surface area contributed by atoms with Crippen LogP contribution in [0.5, 0.6) is 0 Å². The summed E-state index contributed by atoms with van der Waals surface area (Å²) < 4.78 is 0. The molecule has 0 saturated heterocycles. The summed E-state index contributed by atoms with van der Waals surface area (Å²) in [7, 11) is 0. The lowest BCUT2D eigenvalue weighted by Gasteiger charge is -1.71. The minimum Gasteiger partial charge on any atom is -0.303 e. The Balaban J connectivity index is -0.0000000910. The van der Waals surface area contributed by atoms with Gasteiger partial charge < -0.3 is 9.59 Å². The van der Waals surface area contributed by atoms with Crippen molar-refractivity contribution in [3.63, 3.8) is 0 Å². The molecule has 0 heterocycles. The fourth-order valence-electron chi connectivity index (χ4n) is 0. The number of Topliss-reactive ketones (excluding diaryl/α,β-unsaturated/α-hetero) is 1. The molecule has 2 nitrogen and oxygen atoms in total. The summed E-state index contributed by atoms with van der Waals surface area (Å²) in [6.07, 6.45) is 2.18. The topological polar surface area (TPSA) is 34.1 Å². The van der Waals surface area contributed by atoms with Crippen molar-refractivity contribution in [2.45, 2.75) is 41.0 Å². The van der Waals surface area contributed by atoms with Crippen LogP contribution in [0.25, 0.3) is 0 Å². The van der Waals surface area contributed by atoms with Crippen LogP contribution in [0.3, 0.4) is 0 Å². The van der Waals surface area contributed by atoms with Gasteiger partial charge in [-0.05, 0) is 6.92 Å². The number of carbonyl (C=O) groups is 2. The normalized spacial score (nSPS) is 6.30. The van der Waals surface area contributed by atoms with Gasteiger partial charge in [-0.25, -0.2) is 0 Å². The molecule has 0 fully saturated rings. The number of ketones is 1. The molecular formula is C8H18O2. The van der Waals surface area contributed by atoms with Crippen LogP contribution in [0.4, 0.5) is 0 Å². The van der Waals surface area contributed by atoms with Gasteiger partial charge in [0.15, 0.2) is 0 Å². The fraction of sp³-hybridized carbons (Fsp3) is 0.750. The van der Waals surface area contributed by atoms with E-state index in [0.29, 0.717) is 12.8 Å². The SMILES string of the molecule is C.CCC(C)=O.CCC=O. The van der Waals surface area contributed by atoms with E-state index in [0.717, 1.165) is 6.29 Å². The van der Waals surface area contributed by atoms with Gasteiger partial charge in [-0.2, -0.15) is 0 Å². The van der Waals surface area contributed by atoms with Crippen molar-refractivity contribution < 1.29 is 9.59 Å². The lowest BCUT2D eigenvalue weighted by atomic mass is 10.4. The molecule has 0 bridgehead atoms. The van der Waals surface area contributed by atoms with Crippen molar-refractivity contribution in [2.75, 3.05) is 0 Å². The van der Waals surface area contributed by atoms with Crippen LogP contribution in [0.2, 0.25) is 0 Å². The van der Waals surface area contributed by atoms with E-state index < -0.39 is 0 Å². The summed E-state index contributed by atoms with van der Waals surface area (Å²) in [5.74, 6) is 0.255. The molecule has 0 N–H and O–H groups in total. The summed E-state index contributed by atoms with van der Waals surface area (Å²) in [4.78, 5) is 19.0. The molecule has 0 unspecified atom stereocenters. The Kier molecular flexibility index (Phi) is 25.5. The van der Waals surface area contributed by atoms with E-state index in [4.69, 9.17) is 0 Å². The summed E-state index contributed by atoms with van der Waals surface area (Å²) in [6.45, 7) is 5.25. The lowest BCUT2D eigenvalue weighted by molar-refractivity contribution is -0.116. The van der Waals surface area contributed by atoms with E-state index >= 15 is 0 Å². The Morgan fingerprint density at radius 1 is 1.40 bits per heavy atom. The molecule has 0 atom stereocenters. The van der Waals surface area contributed by atoms with E-state index in [1.165, 1.54) is 0 Å². The Hall–Kier alpha value is -0.660. The van der Waals surface area contributed by atoms with E-state index in [-0.39, 0.29) is 13.2 Å². The van der Waals surface area contributed by atoms with Crippen molar-refractivity contribution in [3.05, 3.63) is 0 Å². The van der Waals surface area contributed by atoms with Gasteiger partial charge in [-0.15, -0.1) is 0 Å². The highest BCUT2D eigenvalue weighted by molar-refractivity contribution is 5.74. The molecule has 0 aromatic heterocycles. The number of hydrogen-bond acceptors (Lipinski definition) is 2. The quantitative estimate of drug-likeness (QED) is 0.560. The van der Waals surface area contributed by atoms with Crippen LogP contribution in [0, 0.1) is 0 Å². The maximum Gasteiger partial charge on any atom is 0.129 e. The molecule has 0 amide bonds. The second-order valence-corrected chi connectivity index (χ2v) is 1.63. The van der Waals surface area contributed by atoms with Gasteiger partial charge in [0.1, 0.15) is 12.1 Å². The molecular weight excluding hydrogens is 128 g/mol. The Morgan fingerprint density at radius 3 is 1.60 bits per heavy atom. The first kappa shape index (κ1) is 16.2. The summed E-state index contributed by atoms with van der Waals surface area (Å²) in [5.41, 5.74) is 0. The third-order valence-electron chi connectivity index (χ3n) is 0.665. The van der Waals surface area contributed by atoms with E-state index in [9.17, 15) is 9.59 Å². The van der Waals surface area contributed by atoms with Crippen molar-refractivity contribution >= 4 is 12.1 Å². The fourth-order valence-corrected chi connectivity index (χ4v) is 0. The Morgan fingerprint density at radius 2 is 1.60 bits per heavy atom. The zero-order valence-corrected chi connectivity index (χ0v) is 6.31. The van der Waals surface area contributed by atoms with Crippen molar-refractivity contribution in [1.82, 2.24) is 0 Å². The standard InChI is InChI=1S/C4H8O.C3H6O.CH4/c1-3-4(2)5;1-2-3-4;/h3H2,1-2H3;3H,2H2,1H3;1H4. The first-order valence-electron chi connectivity index (χ1n) is 3.12. The van der Waals surface area contributed by atoms with E-state index in [2.05, 4.69) is 0 Å². The van der Waals surface area contributed by atoms with Gasteiger partial charge in [-0.3, -0.25) is 0 Å². The van der Waals surface area contributed by atoms with Gasteiger partial charge in [-0.1, -0.05) is 21.3 Å². The number of rotatable bonds is 2. The lowest BCUT2D eigenvalue weighted by Crippen LogP contribution is -1.80. The van der Waals surface area contributed by atoms with E-state index in [1.54, 1.807) is 6.92 Å². The van der Waals surface area contributed by atoms with Crippen molar-refractivity contribution in [1.29, 1.82) is 0 Å². The highest BCUT2D eigenvalue weighted by atomic mass is 16.1. The summed E-state index contributed by atoms with van der Waals surface area (Å²) >= 11 is 0. The van der Waals surface area contributed by atoms with Crippen molar-refractivity contribution in [2.24, 2.45) is 0 Å². The second-order valence-electron chi connectivity index (χ2n) is 1.63. The highest BCUT2D eigenvalue weighted by Gasteiger charge is 1.76. The maximum atomic E-state index is 9.81. The Bertz CT molecular complexity index is 77.3. The van der Waals surface area contributed by atoms with Crippen LogP contribution in [0.15, 0.2) is 0 Å². The largest absolute Gasteiger partial charge is 0.303 e. The molecule has 2 heteroatoms. The average Bonchev–Trinajstić information content (AvgIpc) is 1.89. The van der Waals surface area contributed by atoms with E-state index in [1.807, 2.05) is 13.8 Å². The molecule has 0 rings (SSSR count). The third-order valence-corrected chi connectivity index (χ3v) is 0.665. The predicted octanol–water partition coefficient (Wildman–Crippen LogP) is 2.22. The number of hydrogen-bond donors (Lipinski definition) is 0. The van der Waals surface area contributed by atoms with Crippen LogP contribution >= 0.6 is 0 Å². The number of aldehydes is 1. The minimum atomic E-state index is 0. The molecule has 0 aliphatic rings. The smallest absolute Gasteiger partial charge is 0.129 e. The Labute approximate surface area is 63.6 Å². The zero-order valence-electron chi connectivity index (χ0n) is 6.31. The summed E-state index contributed by atoms with van der Waals surface area (Å²) in [5, 5.41) is 0. The van der Waals surface area contributed by atoms with Gasteiger partial charge >= 0.3 is 0 Å². The van der Waals surface area contributed by atoms with Gasteiger partial charge in [0.05, 0.1) is 0 Å². The molecule has 0 aliphatic heterocycles. The molecule has 0 aliphatic carbocycles. The van der Waals surface area contributed by atoms with Crippen LogP contribution in [-0.2, 0) is 9.59 Å². The minimum absolute atomic E-state index is 0. The average molecular weight is 146 g/mol. The van der Waals surface area contributed by atoms with Crippen molar-refractivity contribution in [3.8, 4) is 0 Å². The van der Waals surface area contributed by atoms with Gasteiger partial charge in [0, 0.05) is 12.8 Å². The third kappa shape index (κ3) is 53.9. The zero-order chi connectivity index (χ0) is 7.70. The maximum absolute atomic E-state index is 9.81. The van der Waals surface area contributed by atoms with Crippen LogP contribution < -0.4 is 0 Å². The molecule has 0 aromatic carbocycles. The first-order valence-corrected chi connectivity index (χ1v) is 3.12. The monoisotopic (exact) mass is 146 g/mol. The second kappa shape index (κ2) is 15.8. The molecule has 62 valence electrons. The van der Waals surface area contributed by atoms with Crippen LogP contribution in [-0.4, -0.2) is 12.1 Å². The first-order chi connectivity index (χ1) is 4.18.